The molecule has 2 aliphatic rings. The van der Waals surface area contributed by atoms with Crippen LogP contribution in [0.15, 0.2) is 0 Å². The highest BCUT2D eigenvalue weighted by molar-refractivity contribution is 7.88. The lowest BCUT2D eigenvalue weighted by atomic mass is 9.93. The second kappa shape index (κ2) is 5.99. The Morgan fingerprint density at radius 2 is 1.85 bits per heavy atom. The minimum Gasteiger partial charge on any atom is -0.394 e. The molecular weight excluding hydrogens is 280 g/mol. The number of sulfonamides is 1. The van der Waals surface area contributed by atoms with Crippen LogP contribution in [0, 0.1) is 5.92 Å². The van der Waals surface area contributed by atoms with Crippen molar-refractivity contribution in [3.63, 3.8) is 0 Å². The summed E-state index contributed by atoms with van der Waals surface area (Å²) in [5.74, 6) is -0.175. The molecule has 0 spiro atoms. The van der Waals surface area contributed by atoms with Gasteiger partial charge in [0.15, 0.2) is 0 Å². The third-order valence-electron chi connectivity index (χ3n) is 4.55. The van der Waals surface area contributed by atoms with Crippen LogP contribution in [-0.2, 0) is 14.8 Å². The van der Waals surface area contributed by atoms with Gasteiger partial charge in [0.05, 0.1) is 18.4 Å². The van der Waals surface area contributed by atoms with Crippen LogP contribution in [0.1, 0.15) is 38.5 Å². The Morgan fingerprint density at radius 3 is 2.30 bits per heavy atom. The summed E-state index contributed by atoms with van der Waals surface area (Å²) in [6.07, 6.45) is 6.04. The summed E-state index contributed by atoms with van der Waals surface area (Å²) in [5.41, 5.74) is -0.439. The Labute approximate surface area is 120 Å². The van der Waals surface area contributed by atoms with Crippen molar-refractivity contribution in [2.75, 3.05) is 26.0 Å². The molecule has 0 atom stereocenters. The summed E-state index contributed by atoms with van der Waals surface area (Å²) in [5, 5.41) is 12.5. The van der Waals surface area contributed by atoms with E-state index >= 15 is 0 Å². The van der Waals surface area contributed by atoms with Gasteiger partial charge in [0.25, 0.3) is 0 Å². The summed E-state index contributed by atoms with van der Waals surface area (Å²) >= 11 is 0. The number of nitrogens with one attached hydrogen (secondary N) is 1. The molecular formula is C13H24N2O4S. The number of aliphatic hydroxyl groups excluding tert-OH is 1. The van der Waals surface area contributed by atoms with Crippen LogP contribution in [0.3, 0.4) is 0 Å². The summed E-state index contributed by atoms with van der Waals surface area (Å²) in [4.78, 5) is 12.3. The standard InChI is InChI=1S/C13H24N2O4S/c1-20(18,19)15-8-4-11(5-9-15)12(17)14-13(10-16)6-2-3-7-13/h11,16H,2-10H2,1H3,(H,14,17). The van der Waals surface area contributed by atoms with E-state index in [1.54, 1.807) is 0 Å². The van der Waals surface area contributed by atoms with Crippen LogP contribution in [0.4, 0.5) is 0 Å². The highest BCUT2D eigenvalue weighted by atomic mass is 32.2. The summed E-state index contributed by atoms with van der Waals surface area (Å²) in [6.45, 7) is 0.799. The van der Waals surface area contributed by atoms with Gasteiger partial charge in [-0.05, 0) is 25.7 Å². The van der Waals surface area contributed by atoms with E-state index < -0.39 is 15.6 Å². The lowest BCUT2D eigenvalue weighted by molar-refractivity contribution is -0.128. The van der Waals surface area contributed by atoms with Crippen molar-refractivity contribution in [2.24, 2.45) is 5.92 Å². The quantitative estimate of drug-likeness (QED) is 0.770. The van der Waals surface area contributed by atoms with E-state index in [0.29, 0.717) is 25.9 Å². The van der Waals surface area contributed by atoms with Crippen molar-refractivity contribution >= 4 is 15.9 Å². The third-order valence-corrected chi connectivity index (χ3v) is 5.85. The van der Waals surface area contributed by atoms with Gasteiger partial charge in [-0.15, -0.1) is 0 Å². The SMILES string of the molecule is CS(=O)(=O)N1CCC(C(=O)NC2(CO)CCCC2)CC1. The molecule has 0 bridgehead atoms. The highest BCUT2D eigenvalue weighted by Gasteiger charge is 2.37. The molecule has 0 unspecified atom stereocenters. The molecule has 2 fully saturated rings. The third kappa shape index (κ3) is 3.51. The first kappa shape index (κ1) is 15.7. The largest absolute Gasteiger partial charge is 0.394 e. The molecule has 1 aliphatic heterocycles. The van der Waals surface area contributed by atoms with Gasteiger partial charge < -0.3 is 10.4 Å². The molecule has 2 rings (SSSR count). The molecule has 1 heterocycles. The first-order chi connectivity index (χ1) is 9.36. The van der Waals surface area contributed by atoms with E-state index in [-0.39, 0.29) is 18.4 Å². The van der Waals surface area contributed by atoms with Crippen molar-refractivity contribution in [1.82, 2.24) is 9.62 Å². The lowest BCUT2D eigenvalue weighted by Crippen LogP contribution is -2.52. The summed E-state index contributed by atoms with van der Waals surface area (Å²) < 4.78 is 24.3. The second-order valence-corrected chi connectivity index (χ2v) is 8.05. The number of carbonyl (C=O) groups excluding carboxylic acids is 1. The topological polar surface area (TPSA) is 86.7 Å². The van der Waals surface area contributed by atoms with Gasteiger partial charge in [-0.25, -0.2) is 12.7 Å². The number of aliphatic hydroxyl groups is 1. The van der Waals surface area contributed by atoms with Gasteiger partial charge in [-0.3, -0.25) is 4.79 Å². The van der Waals surface area contributed by atoms with Crippen LogP contribution in [0.5, 0.6) is 0 Å². The number of rotatable bonds is 4. The van der Waals surface area contributed by atoms with Gasteiger partial charge in [-0.1, -0.05) is 12.8 Å². The summed E-state index contributed by atoms with van der Waals surface area (Å²) in [7, 11) is -3.15. The first-order valence-corrected chi connectivity index (χ1v) is 9.09. The fourth-order valence-corrected chi connectivity index (χ4v) is 4.06. The number of amides is 1. The molecule has 0 aromatic rings. The van der Waals surface area contributed by atoms with Crippen molar-refractivity contribution in [2.45, 2.75) is 44.1 Å². The van der Waals surface area contributed by atoms with Crippen LogP contribution >= 0.6 is 0 Å². The molecule has 0 aromatic carbocycles. The Kier molecular flexibility index (Phi) is 4.71. The van der Waals surface area contributed by atoms with Gasteiger partial charge in [0.2, 0.25) is 15.9 Å². The highest BCUT2D eigenvalue weighted by Crippen LogP contribution is 2.30. The maximum Gasteiger partial charge on any atom is 0.223 e. The van der Waals surface area contributed by atoms with Crippen LogP contribution in [-0.4, -0.2) is 55.2 Å². The van der Waals surface area contributed by atoms with Crippen LogP contribution in [0.25, 0.3) is 0 Å². The molecule has 20 heavy (non-hydrogen) atoms. The molecule has 1 amide bonds. The second-order valence-electron chi connectivity index (χ2n) is 6.07. The molecule has 2 N–H and O–H groups in total. The molecule has 1 saturated carbocycles. The predicted octanol–water partition coefficient (Wildman–Crippen LogP) is 0.0793. The van der Waals surface area contributed by atoms with Gasteiger partial charge in [0.1, 0.15) is 0 Å². The fourth-order valence-electron chi connectivity index (χ4n) is 3.19. The predicted molar refractivity (Wildman–Crippen MR) is 75.6 cm³/mol. The average Bonchev–Trinajstić information content (AvgIpc) is 2.87. The minimum atomic E-state index is -3.15. The Balaban J connectivity index is 1.89. The van der Waals surface area contributed by atoms with Crippen molar-refractivity contribution in [3.05, 3.63) is 0 Å². The molecule has 1 saturated heterocycles. The first-order valence-electron chi connectivity index (χ1n) is 7.24. The smallest absolute Gasteiger partial charge is 0.223 e. The van der Waals surface area contributed by atoms with Gasteiger partial charge in [-0.2, -0.15) is 0 Å². The number of hydrogen-bond donors (Lipinski definition) is 2. The minimum absolute atomic E-state index is 0.0130. The van der Waals surface area contributed by atoms with Crippen LogP contribution in [0.2, 0.25) is 0 Å². The Bertz CT molecular complexity index is 449. The zero-order chi connectivity index (χ0) is 14.8. The normalized spacial score (nSPS) is 24.7. The van der Waals surface area contributed by atoms with Crippen molar-refractivity contribution in [3.8, 4) is 0 Å². The molecule has 0 aromatic heterocycles. The zero-order valence-corrected chi connectivity index (χ0v) is 12.8. The molecule has 6 nitrogen and oxygen atoms in total. The van der Waals surface area contributed by atoms with Gasteiger partial charge >= 0.3 is 0 Å². The number of carbonyl (C=O) groups is 1. The van der Waals surface area contributed by atoms with E-state index in [4.69, 9.17) is 0 Å². The maximum absolute atomic E-state index is 12.3. The van der Waals surface area contributed by atoms with E-state index in [1.807, 2.05) is 0 Å². The van der Waals surface area contributed by atoms with E-state index in [2.05, 4.69) is 5.32 Å². The molecule has 1 aliphatic carbocycles. The maximum atomic E-state index is 12.3. The fraction of sp³-hybridized carbons (Fsp3) is 0.923. The van der Waals surface area contributed by atoms with Gasteiger partial charge in [0, 0.05) is 19.0 Å². The number of nitrogens with zero attached hydrogens (tertiary/aromatic N) is 1. The van der Waals surface area contributed by atoms with Crippen molar-refractivity contribution < 1.29 is 18.3 Å². The number of hydrogen-bond acceptors (Lipinski definition) is 4. The Morgan fingerprint density at radius 1 is 1.30 bits per heavy atom. The zero-order valence-electron chi connectivity index (χ0n) is 12.0. The van der Waals surface area contributed by atoms with E-state index in [9.17, 15) is 18.3 Å². The molecule has 116 valence electrons. The van der Waals surface area contributed by atoms with Crippen molar-refractivity contribution in [1.29, 1.82) is 0 Å². The Hall–Kier alpha value is -0.660. The van der Waals surface area contributed by atoms with E-state index in [0.717, 1.165) is 25.7 Å². The van der Waals surface area contributed by atoms with Crippen LogP contribution < -0.4 is 5.32 Å². The summed E-state index contributed by atoms with van der Waals surface area (Å²) in [6, 6.07) is 0. The lowest BCUT2D eigenvalue weighted by Gasteiger charge is -2.33. The molecule has 7 heteroatoms. The average molecular weight is 304 g/mol. The molecule has 0 radical (unpaired) electrons. The number of piperidine rings is 1. The monoisotopic (exact) mass is 304 g/mol. The van der Waals surface area contributed by atoms with E-state index in [1.165, 1.54) is 10.6 Å².